The van der Waals surface area contributed by atoms with Gasteiger partial charge in [-0.25, -0.2) is 0 Å². The number of rotatable bonds is 7. The van der Waals surface area contributed by atoms with Gasteiger partial charge in [0.05, 0.1) is 0 Å². The molecular weight excluding hydrogens is 232 g/mol. The summed E-state index contributed by atoms with van der Waals surface area (Å²) in [6.07, 6.45) is 3.98. The van der Waals surface area contributed by atoms with Gasteiger partial charge in [0.25, 0.3) is 0 Å². The zero-order valence-electron chi connectivity index (χ0n) is 12.6. The van der Waals surface area contributed by atoms with E-state index in [9.17, 15) is 0 Å². The average Bonchev–Trinajstić information content (AvgIpc) is 3.17. The normalized spacial score (nSPS) is 15.7. The van der Waals surface area contributed by atoms with Crippen molar-refractivity contribution in [2.24, 2.45) is 0 Å². The van der Waals surface area contributed by atoms with E-state index < -0.39 is 0 Å². The van der Waals surface area contributed by atoms with Crippen molar-refractivity contribution in [3.8, 4) is 0 Å². The molecule has 2 rings (SSSR count). The molecule has 0 heterocycles. The van der Waals surface area contributed by atoms with Gasteiger partial charge >= 0.3 is 0 Å². The molecule has 0 saturated heterocycles. The van der Waals surface area contributed by atoms with E-state index in [0.717, 1.165) is 25.7 Å². The first kappa shape index (κ1) is 14.5. The van der Waals surface area contributed by atoms with Gasteiger partial charge in [-0.05, 0) is 48.9 Å². The number of nitrogens with one attached hydrogen (secondary N) is 2. The van der Waals surface area contributed by atoms with E-state index in [1.165, 1.54) is 30.4 Å². The van der Waals surface area contributed by atoms with Gasteiger partial charge in [-0.1, -0.05) is 45.0 Å². The van der Waals surface area contributed by atoms with Gasteiger partial charge in [-0.2, -0.15) is 0 Å². The maximum Gasteiger partial charge on any atom is 0.0208 e. The van der Waals surface area contributed by atoms with E-state index in [0.29, 0.717) is 0 Å². The molecule has 0 bridgehead atoms. The van der Waals surface area contributed by atoms with Gasteiger partial charge in [-0.15, -0.1) is 0 Å². The van der Waals surface area contributed by atoms with E-state index in [-0.39, 0.29) is 5.41 Å². The summed E-state index contributed by atoms with van der Waals surface area (Å²) in [6, 6.07) is 9.62. The number of benzene rings is 1. The van der Waals surface area contributed by atoms with Crippen molar-refractivity contribution < 1.29 is 0 Å². The summed E-state index contributed by atoms with van der Waals surface area (Å²) >= 11 is 0. The Labute approximate surface area is 118 Å². The Morgan fingerprint density at radius 3 is 2.53 bits per heavy atom. The van der Waals surface area contributed by atoms with Gasteiger partial charge in [0.15, 0.2) is 0 Å². The first-order valence-electron chi connectivity index (χ1n) is 7.60. The smallest absolute Gasteiger partial charge is 0.0208 e. The van der Waals surface area contributed by atoms with Gasteiger partial charge in [-0.3, -0.25) is 0 Å². The first-order valence-corrected chi connectivity index (χ1v) is 7.60. The molecule has 1 fully saturated rings. The van der Waals surface area contributed by atoms with E-state index in [1.54, 1.807) is 0 Å². The van der Waals surface area contributed by atoms with Gasteiger partial charge < -0.3 is 10.6 Å². The molecule has 0 radical (unpaired) electrons. The van der Waals surface area contributed by atoms with Crippen molar-refractivity contribution in [1.29, 1.82) is 0 Å². The fourth-order valence-corrected chi connectivity index (χ4v) is 2.44. The van der Waals surface area contributed by atoms with Crippen molar-refractivity contribution in [2.45, 2.75) is 58.0 Å². The lowest BCUT2D eigenvalue weighted by atomic mass is 9.84. The van der Waals surface area contributed by atoms with Gasteiger partial charge in [0, 0.05) is 12.6 Å². The van der Waals surface area contributed by atoms with Crippen LogP contribution in [0.3, 0.4) is 0 Å². The molecule has 106 valence electrons. The highest BCUT2D eigenvalue weighted by atomic mass is 14.9. The fourth-order valence-electron chi connectivity index (χ4n) is 2.44. The van der Waals surface area contributed by atoms with Gasteiger partial charge in [0.1, 0.15) is 0 Å². The molecule has 1 aliphatic rings. The standard InChI is InChI=1S/C17H28N2/c1-17(2,3)16-8-5-4-7-14(16)13-18-11-6-12-19-15-9-10-15/h4-5,7-8,15,18-19H,6,9-13H2,1-3H3. The molecule has 1 saturated carbocycles. The van der Waals surface area contributed by atoms with E-state index in [2.05, 4.69) is 55.7 Å². The minimum absolute atomic E-state index is 0.228. The molecule has 0 amide bonds. The van der Waals surface area contributed by atoms with Crippen molar-refractivity contribution in [2.75, 3.05) is 13.1 Å². The van der Waals surface area contributed by atoms with Crippen LogP contribution in [0.5, 0.6) is 0 Å². The molecule has 0 atom stereocenters. The topological polar surface area (TPSA) is 24.1 Å². The molecular formula is C17H28N2. The zero-order chi connectivity index (χ0) is 13.7. The predicted molar refractivity (Wildman–Crippen MR) is 82.5 cm³/mol. The van der Waals surface area contributed by atoms with E-state index >= 15 is 0 Å². The van der Waals surface area contributed by atoms with Crippen LogP contribution in [0.25, 0.3) is 0 Å². The number of hydrogen-bond acceptors (Lipinski definition) is 2. The lowest BCUT2D eigenvalue weighted by Gasteiger charge is -2.23. The molecule has 1 aliphatic carbocycles. The Balaban J connectivity index is 1.72. The second kappa shape index (κ2) is 6.53. The van der Waals surface area contributed by atoms with Crippen LogP contribution in [0, 0.1) is 0 Å². The highest BCUT2D eigenvalue weighted by molar-refractivity contribution is 5.32. The lowest BCUT2D eigenvalue weighted by molar-refractivity contribution is 0.563. The third kappa shape index (κ3) is 4.96. The van der Waals surface area contributed by atoms with Crippen molar-refractivity contribution >= 4 is 0 Å². The maximum absolute atomic E-state index is 3.57. The van der Waals surface area contributed by atoms with Crippen LogP contribution in [0.4, 0.5) is 0 Å². The predicted octanol–water partition coefficient (Wildman–Crippen LogP) is 3.22. The van der Waals surface area contributed by atoms with Crippen LogP contribution in [0.1, 0.15) is 51.2 Å². The summed E-state index contributed by atoms with van der Waals surface area (Å²) in [5.41, 5.74) is 3.12. The summed E-state index contributed by atoms with van der Waals surface area (Å²) in [5, 5.41) is 7.12. The van der Waals surface area contributed by atoms with Crippen LogP contribution >= 0.6 is 0 Å². The summed E-state index contributed by atoms with van der Waals surface area (Å²) < 4.78 is 0. The Morgan fingerprint density at radius 2 is 1.84 bits per heavy atom. The van der Waals surface area contributed by atoms with Gasteiger partial charge in [0.2, 0.25) is 0 Å². The lowest BCUT2D eigenvalue weighted by Crippen LogP contribution is -2.24. The van der Waals surface area contributed by atoms with E-state index in [4.69, 9.17) is 0 Å². The molecule has 0 unspecified atom stereocenters. The highest BCUT2D eigenvalue weighted by Crippen LogP contribution is 2.25. The zero-order valence-corrected chi connectivity index (χ0v) is 12.6. The maximum atomic E-state index is 3.57. The SMILES string of the molecule is CC(C)(C)c1ccccc1CNCCCNC1CC1. The second-order valence-corrected chi connectivity index (χ2v) is 6.67. The monoisotopic (exact) mass is 260 g/mol. The number of hydrogen-bond donors (Lipinski definition) is 2. The minimum atomic E-state index is 0.228. The molecule has 1 aromatic carbocycles. The molecule has 2 nitrogen and oxygen atoms in total. The third-order valence-corrected chi connectivity index (χ3v) is 3.68. The quantitative estimate of drug-likeness (QED) is 0.736. The van der Waals surface area contributed by atoms with Crippen LogP contribution < -0.4 is 10.6 Å². The van der Waals surface area contributed by atoms with Crippen molar-refractivity contribution in [3.63, 3.8) is 0 Å². The summed E-state index contributed by atoms with van der Waals surface area (Å²) in [5.74, 6) is 0. The Morgan fingerprint density at radius 1 is 1.11 bits per heavy atom. The van der Waals surface area contributed by atoms with Crippen LogP contribution in [-0.4, -0.2) is 19.1 Å². The molecule has 2 N–H and O–H groups in total. The summed E-state index contributed by atoms with van der Waals surface area (Å²) in [4.78, 5) is 0. The summed E-state index contributed by atoms with van der Waals surface area (Å²) in [7, 11) is 0. The van der Waals surface area contributed by atoms with E-state index in [1.807, 2.05) is 0 Å². The Kier molecular flexibility index (Phi) is 5.00. The minimum Gasteiger partial charge on any atom is -0.314 e. The largest absolute Gasteiger partial charge is 0.314 e. The highest BCUT2D eigenvalue weighted by Gasteiger charge is 2.19. The van der Waals surface area contributed by atoms with Crippen molar-refractivity contribution in [1.82, 2.24) is 10.6 Å². The second-order valence-electron chi connectivity index (χ2n) is 6.67. The Bertz CT molecular complexity index is 388. The van der Waals surface area contributed by atoms with Crippen LogP contribution in [-0.2, 0) is 12.0 Å². The third-order valence-electron chi connectivity index (χ3n) is 3.68. The Hall–Kier alpha value is -0.860. The summed E-state index contributed by atoms with van der Waals surface area (Å²) in [6.45, 7) is 10.1. The van der Waals surface area contributed by atoms with Crippen LogP contribution in [0.2, 0.25) is 0 Å². The fraction of sp³-hybridized carbons (Fsp3) is 0.647. The average molecular weight is 260 g/mol. The molecule has 0 aromatic heterocycles. The molecule has 1 aromatic rings. The van der Waals surface area contributed by atoms with Crippen LogP contribution in [0.15, 0.2) is 24.3 Å². The molecule has 0 aliphatic heterocycles. The molecule has 2 heteroatoms. The molecule has 0 spiro atoms. The first-order chi connectivity index (χ1) is 9.07. The van der Waals surface area contributed by atoms with Crippen molar-refractivity contribution in [3.05, 3.63) is 35.4 Å². The molecule has 19 heavy (non-hydrogen) atoms.